The Balaban J connectivity index is 1.59. The van der Waals surface area contributed by atoms with E-state index in [2.05, 4.69) is 0 Å². The van der Waals surface area contributed by atoms with E-state index < -0.39 is 21.3 Å². The first-order chi connectivity index (χ1) is 17.1. The molecule has 4 rings (SSSR count). The highest BCUT2D eigenvalue weighted by atomic mass is 35.5. The van der Waals surface area contributed by atoms with Crippen molar-refractivity contribution in [2.75, 3.05) is 7.11 Å². The number of benzene rings is 3. The molecular weight excluding hydrogens is 545 g/mol. The molecule has 7 nitrogen and oxygen atoms in total. The van der Waals surface area contributed by atoms with E-state index in [4.69, 9.17) is 32.1 Å². The van der Waals surface area contributed by atoms with Gasteiger partial charge in [-0.25, -0.2) is 0 Å². The number of nitrogens with zero attached hydrogens (tertiary/aromatic N) is 1. The molecule has 0 radical (unpaired) electrons. The standard InChI is InChI=1S/C25H19Cl2NO6S2/c1-15-3-9-19(10-4-15)36(31,32)34-23-20(27)11-17(12-21(23)33-2)13-22-24(29)28(25(30)35-22)14-16-5-7-18(26)8-6-16/h3-13H,14H2,1-2H3/b22-13-. The van der Waals surface area contributed by atoms with Gasteiger partial charge in [-0.05, 0) is 72.3 Å². The molecule has 186 valence electrons. The highest BCUT2D eigenvalue weighted by Gasteiger charge is 2.35. The maximum Gasteiger partial charge on any atom is 0.339 e. The molecule has 1 saturated heterocycles. The Hall–Kier alpha value is -2.98. The third-order valence-electron chi connectivity index (χ3n) is 5.18. The molecular formula is C25H19Cl2NO6S2. The van der Waals surface area contributed by atoms with Crippen LogP contribution in [0.3, 0.4) is 0 Å². The molecule has 1 fully saturated rings. The molecule has 3 aromatic rings. The molecule has 0 saturated carbocycles. The van der Waals surface area contributed by atoms with Crippen molar-refractivity contribution >= 4 is 62.3 Å². The highest BCUT2D eigenvalue weighted by Crippen LogP contribution is 2.40. The van der Waals surface area contributed by atoms with Crippen LogP contribution in [0.4, 0.5) is 4.79 Å². The third kappa shape index (κ3) is 5.70. The number of carbonyl (C=O) groups excluding carboxylic acids is 2. The average molecular weight is 564 g/mol. The second-order valence-electron chi connectivity index (χ2n) is 7.78. The van der Waals surface area contributed by atoms with Gasteiger partial charge >= 0.3 is 10.1 Å². The van der Waals surface area contributed by atoms with E-state index in [0.717, 1.165) is 27.8 Å². The summed E-state index contributed by atoms with van der Waals surface area (Å²) >= 11 is 13.0. The number of hydrogen-bond acceptors (Lipinski definition) is 7. The molecule has 1 heterocycles. The summed E-state index contributed by atoms with van der Waals surface area (Å²) < 4.78 is 36.1. The summed E-state index contributed by atoms with van der Waals surface area (Å²) in [6.07, 6.45) is 1.49. The van der Waals surface area contributed by atoms with Gasteiger partial charge in [0.1, 0.15) is 4.90 Å². The zero-order chi connectivity index (χ0) is 26.0. The lowest BCUT2D eigenvalue weighted by Gasteiger charge is -2.14. The van der Waals surface area contributed by atoms with Crippen LogP contribution in [0.25, 0.3) is 6.08 Å². The minimum Gasteiger partial charge on any atom is -0.493 e. The third-order valence-corrected chi connectivity index (χ3v) is 7.86. The first-order valence-corrected chi connectivity index (χ1v) is 13.4. The van der Waals surface area contributed by atoms with Gasteiger partial charge in [0.15, 0.2) is 5.75 Å². The van der Waals surface area contributed by atoms with E-state index >= 15 is 0 Å². The smallest absolute Gasteiger partial charge is 0.339 e. The summed E-state index contributed by atoms with van der Waals surface area (Å²) in [6.45, 7) is 1.94. The molecule has 0 aliphatic carbocycles. The number of halogens is 2. The number of aryl methyl sites for hydroxylation is 1. The largest absolute Gasteiger partial charge is 0.493 e. The normalized spacial score (nSPS) is 15.0. The number of thioether (sulfide) groups is 1. The van der Waals surface area contributed by atoms with Crippen molar-refractivity contribution < 1.29 is 26.9 Å². The molecule has 0 N–H and O–H groups in total. The lowest BCUT2D eigenvalue weighted by atomic mass is 10.1. The number of amides is 2. The van der Waals surface area contributed by atoms with Gasteiger partial charge in [-0.3, -0.25) is 14.5 Å². The van der Waals surface area contributed by atoms with Gasteiger partial charge < -0.3 is 8.92 Å². The quantitative estimate of drug-likeness (QED) is 0.245. The van der Waals surface area contributed by atoms with Crippen molar-refractivity contribution in [2.45, 2.75) is 18.4 Å². The molecule has 1 aliphatic heterocycles. The lowest BCUT2D eigenvalue weighted by Crippen LogP contribution is -2.27. The molecule has 0 aromatic heterocycles. The highest BCUT2D eigenvalue weighted by molar-refractivity contribution is 8.18. The van der Waals surface area contributed by atoms with Crippen molar-refractivity contribution in [1.82, 2.24) is 4.90 Å². The van der Waals surface area contributed by atoms with Crippen LogP contribution in [0.2, 0.25) is 10.0 Å². The van der Waals surface area contributed by atoms with E-state index in [1.165, 1.54) is 37.5 Å². The minimum absolute atomic E-state index is 0.0374. The number of hydrogen-bond donors (Lipinski definition) is 0. The van der Waals surface area contributed by atoms with Crippen molar-refractivity contribution in [1.29, 1.82) is 0 Å². The van der Waals surface area contributed by atoms with Crippen molar-refractivity contribution in [3.63, 3.8) is 0 Å². The fraction of sp³-hybridized carbons (Fsp3) is 0.120. The number of carbonyl (C=O) groups is 2. The summed E-state index contributed by atoms with van der Waals surface area (Å²) in [5.74, 6) is -0.602. The van der Waals surface area contributed by atoms with Gasteiger partial charge in [-0.1, -0.05) is 53.0 Å². The van der Waals surface area contributed by atoms with E-state index in [1.54, 1.807) is 36.4 Å². The van der Waals surface area contributed by atoms with Crippen molar-refractivity contribution in [3.05, 3.63) is 92.3 Å². The second kappa shape index (κ2) is 10.6. The van der Waals surface area contributed by atoms with E-state index in [1.807, 2.05) is 6.92 Å². The summed E-state index contributed by atoms with van der Waals surface area (Å²) in [4.78, 5) is 26.6. The number of ether oxygens (including phenoxy) is 1. The van der Waals surface area contributed by atoms with Crippen LogP contribution in [0, 0.1) is 6.92 Å². The molecule has 1 aliphatic rings. The van der Waals surface area contributed by atoms with E-state index in [-0.39, 0.29) is 32.9 Å². The van der Waals surface area contributed by atoms with Gasteiger partial charge in [0, 0.05) is 5.02 Å². The van der Waals surface area contributed by atoms with Crippen molar-refractivity contribution in [2.24, 2.45) is 0 Å². The zero-order valence-corrected chi connectivity index (χ0v) is 22.2. The second-order valence-corrected chi connectivity index (χ2v) is 11.2. The first-order valence-electron chi connectivity index (χ1n) is 10.5. The first kappa shape index (κ1) is 26.1. The van der Waals surface area contributed by atoms with Crippen LogP contribution in [0.1, 0.15) is 16.7 Å². The van der Waals surface area contributed by atoms with Crippen LogP contribution in [0.15, 0.2) is 70.5 Å². The van der Waals surface area contributed by atoms with E-state index in [9.17, 15) is 18.0 Å². The maximum absolute atomic E-state index is 12.9. The average Bonchev–Trinajstić information content (AvgIpc) is 3.09. The fourth-order valence-corrected chi connectivity index (χ4v) is 5.55. The van der Waals surface area contributed by atoms with Gasteiger partial charge in [0.05, 0.1) is 23.6 Å². The van der Waals surface area contributed by atoms with E-state index in [0.29, 0.717) is 10.6 Å². The zero-order valence-electron chi connectivity index (χ0n) is 19.0. The molecule has 36 heavy (non-hydrogen) atoms. The molecule has 11 heteroatoms. The Labute approximate surface area is 222 Å². The lowest BCUT2D eigenvalue weighted by molar-refractivity contribution is -0.123. The molecule has 0 spiro atoms. The predicted octanol–water partition coefficient (Wildman–Crippen LogP) is 6.31. The van der Waals surface area contributed by atoms with Crippen LogP contribution >= 0.6 is 35.0 Å². The summed E-state index contributed by atoms with van der Waals surface area (Å²) in [5.41, 5.74) is 2.07. The molecule has 2 amide bonds. The number of imide groups is 1. The summed E-state index contributed by atoms with van der Waals surface area (Å²) in [6, 6.07) is 15.9. The van der Waals surface area contributed by atoms with Gasteiger partial charge in [-0.2, -0.15) is 8.42 Å². The van der Waals surface area contributed by atoms with Crippen LogP contribution in [-0.4, -0.2) is 31.6 Å². The Morgan fingerprint density at radius 2 is 1.67 bits per heavy atom. The van der Waals surface area contributed by atoms with Crippen molar-refractivity contribution in [3.8, 4) is 11.5 Å². The summed E-state index contributed by atoms with van der Waals surface area (Å²) in [5, 5.41) is 0.0952. The Kier molecular flexibility index (Phi) is 7.65. The number of methoxy groups -OCH3 is 1. The Morgan fingerprint density at radius 3 is 2.31 bits per heavy atom. The Bertz CT molecular complexity index is 1470. The predicted molar refractivity (Wildman–Crippen MR) is 140 cm³/mol. The topological polar surface area (TPSA) is 90.0 Å². The molecule has 3 aromatic carbocycles. The van der Waals surface area contributed by atoms with Crippen LogP contribution < -0.4 is 8.92 Å². The summed E-state index contributed by atoms with van der Waals surface area (Å²) in [7, 11) is -2.84. The van der Waals surface area contributed by atoms with Gasteiger partial charge in [-0.15, -0.1) is 0 Å². The van der Waals surface area contributed by atoms with Gasteiger partial charge in [0.25, 0.3) is 11.1 Å². The maximum atomic E-state index is 12.9. The fourth-order valence-electron chi connectivity index (χ4n) is 3.33. The van der Waals surface area contributed by atoms with Gasteiger partial charge in [0.2, 0.25) is 5.75 Å². The molecule has 0 atom stereocenters. The monoisotopic (exact) mass is 563 g/mol. The Morgan fingerprint density at radius 1 is 1.00 bits per heavy atom. The molecule has 0 unspecified atom stereocenters. The van der Waals surface area contributed by atoms with Crippen LogP contribution in [0.5, 0.6) is 11.5 Å². The minimum atomic E-state index is -4.17. The SMILES string of the molecule is COc1cc(/C=C2\SC(=O)N(Cc3ccc(Cl)cc3)C2=O)cc(Cl)c1OS(=O)(=O)c1ccc(C)cc1. The number of rotatable bonds is 7. The van der Waals surface area contributed by atoms with Crippen LogP contribution in [-0.2, 0) is 21.5 Å². The molecule has 0 bridgehead atoms.